The Morgan fingerprint density at radius 1 is 0.909 bits per heavy atom. The van der Waals surface area contributed by atoms with Crippen molar-refractivity contribution < 1.29 is 4.74 Å². The van der Waals surface area contributed by atoms with Gasteiger partial charge in [0, 0.05) is 0 Å². The molecule has 0 aliphatic heterocycles. The van der Waals surface area contributed by atoms with Crippen LogP contribution >= 0.6 is 0 Å². The van der Waals surface area contributed by atoms with Crippen LogP contribution in [0.5, 0.6) is 0 Å². The summed E-state index contributed by atoms with van der Waals surface area (Å²) in [7, 11) is 1.64. The second kappa shape index (κ2) is 11.6. The van der Waals surface area contributed by atoms with Gasteiger partial charge in [0.15, 0.2) is 0 Å². The van der Waals surface area contributed by atoms with E-state index in [1.54, 1.807) is 7.11 Å². The van der Waals surface area contributed by atoms with E-state index in [9.17, 15) is 0 Å². The van der Waals surface area contributed by atoms with Crippen molar-refractivity contribution in [2.45, 2.75) is 66.7 Å². The number of ether oxygens (including phenoxy) is 1. The molecule has 0 aliphatic rings. The second-order valence-corrected chi connectivity index (χ2v) is 7.10. The summed E-state index contributed by atoms with van der Waals surface area (Å²) in [6.45, 7) is 19.7. The second-order valence-electron chi connectivity index (χ2n) is 7.10. The molecule has 0 radical (unpaired) electrons. The lowest BCUT2D eigenvalue weighted by Gasteiger charge is -2.23. The molecule has 128 valence electrons. The van der Waals surface area contributed by atoms with Gasteiger partial charge in [0.05, 0.1) is 7.11 Å². The molecule has 4 unspecified atom stereocenters. The molecule has 0 aromatic carbocycles. The van der Waals surface area contributed by atoms with Crippen LogP contribution in [0.4, 0.5) is 0 Å². The quantitative estimate of drug-likeness (QED) is 0.285. The molecule has 1 heteroatoms. The third kappa shape index (κ3) is 9.12. The van der Waals surface area contributed by atoms with E-state index in [0.717, 1.165) is 23.3 Å². The van der Waals surface area contributed by atoms with E-state index in [0.29, 0.717) is 11.7 Å². The number of rotatable bonds is 12. The van der Waals surface area contributed by atoms with Gasteiger partial charge in [-0.2, -0.15) is 0 Å². The lowest BCUT2D eigenvalue weighted by molar-refractivity contribution is 0.300. The van der Waals surface area contributed by atoms with Crippen LogP contribution in [0.15, 0.2) is 36.6 Å². The lowest BCUT2D eigenvalue weighted by atomic mass is 9.83. The van der Waals surface area contributed by atoms with Crippen molar-refractivity contribution in [2.75, 3.05) is 7.11 Å². The van der Waals surface area contributed by atoms with Gasteiger partial charge < -0.3 is 4.74 Å². The monoisotopic (exact) mass is 306 g/mol. The predicted octanol–water partition coefficient (Wildman–Crippen LogP) is 6.77. The van der Waals surface area contributed by atoms with E-state index < -0.39 is 0 Å². The molecule has 0 amide bonds. The molecule has 0 saturated carbocycles. The van der Waals surface area contributed by atoms with Crippen molar-refractivity contribution in [2.24, 2.45) is 23.7 Å². The van der Waals surface area contributed by atoms with Crippen LogP contribution in [0, 0.1) is 23.7 Å². The van der Waals surface area contributed by atoms with E-state index in [1.165, 1.54) is 32.1 Å². The molecule has 0 N–H and O–H groups in total. The Morgan fingerprint density at radius 3 is 1.95 bits per heavy atom. The first-order chi connectivity index (χ1) is 10.3. The summed E-state index contributed by atoms with van der Waals surface area (Å²) in [6, 6.07) is 0. The minimum atomic E-state index is 0.519. The standard InChI is InChI=1S/C21H38O/c1-9-16(2)10-11-17(3)18(4)12-13-19(5)20(6)14-15-21(7)22-8/h14-19H,6-7,9-13H2,1-5,8H3/b15-14-. The Bertz CT molecular complexity index is 353. The van der Waals surface area contributed by atoms with Gasteiger partial charge in [0.25, 0.3) is 0 Å². The Kier molecular flexibility index (Phi) is 11.1. The van der Waals surface area contributed by atoms with Gasteiger partial charge in [0.1, 0.15) is 5.76 Å². The highest BCUT2D eigenvalue weighted by atomic mass is 16.5. The maximum atomic E-state index is 5.04. The average Bonchev–Trinajstić information content (AvgIpc) is 2.53. The minimum Gasteiger partial charge on any atom is -0.497 e. The van der Waals surface area contributed by atoms with E-state index >= 15 is 0 Å². The zero-order valence-electron chi connectivity index (χ0n) is 15.8. The number of hydrogen-bond donors (Lipinski definition) is 0. The smallest absolute Gasteiger partial charge is 0.111 e. The third-order valence-electron chi connectivity index (χ3n) is 5.22. The molecule has 22 heavy (non-hydrogen) atoms. The average molecular weight is 307 g/mol. The summed E-state index contributed by atoms with van der Waals surface area (Å²) in [5.74, 6) is 3.67. The zero-order chi connectivity index (χ0) is 17.1. The van der Waals surface area contributed by atoms with Gasteiger partial charge in [-0.1, -0.05) is 78.7 Å². The van der Waals surface area contributed by atoms with Gasteiger partial charge in [-0.15, -0.1) is 0 Å². The highest BCUT2D eigenvalue weighted by Crippen LogP contribution is 2.27. The van der Waals surface area contributed by atoms with Crippen LogP contribution in [0.3, 0.4) is 0 Å². The summed E-state index contributed by atoms with van der Waals surface area (Å²) in [5, 5.41) is 0. The molecule has 0 saturated heterocycles. The van der Waals surface area contributed by atoms with Gasteiger partial charge in [-0.05, 0) is 42.6 Å². The van der Waals surface area contributed by atoms with Crippen LogP contribution in [-0.2, 0) is 4.74 Å². The fourth-order valence-electron chi connectivity index (χ4n) is 2.45. The Hall–Kier alpha value is -0.980. The van der Waals surface area contributed by atoms with Crippen LogP contribution in [0.25, 0.3) is 0 Å². The molecule has 0 fully saturated rings. The molecule has 0 spiro atoms. The summed E-state index contributed by atoms with van der Waals surface area (Å²) < 4.78 is 5.04. The SMILES string of the molecule is C=C(/C=C\C(=C)C(C)CCC(C)C(C)CCC(C)CC)OC. The van der Waals surface area contributed by atoms with Crippen molar-refractivity contribution in [1.82, 2.24) is 0 Å². The first-order valence-corrected chi connectivity index (χ1v) is 8.91. The van der Waals surface area contributed by atoms with Crippen LogP contribution in [0.1, 0.15) is 66.7 Å². The Labute approximate surface area is 139 Å². The van der Waals surface area contributed by atoms with Crippen LogP contribution in [0.2, 0.25) is 0 Å². The normalized spacial score (nSPS) is 17.0. The van der Waals surface area contributed by atoms with Crippen molar-refractivity contribution in [1.29, 1.82) is 0 Å². The molecule has 0 aromatic heterocycles. The largest absolute Gasteiger partial charge is 0.497 e. The summed E-state index contributed by atoms with van der Waals surface area (Å²) in [4.78, 5) is 0. The van der Waals surface area contributed by atoms with Gasteiger partial charge in [-0.3, -0.25) is 0 Å². The number of methoxy groups -OCH3 is 1. The van der Waals surface area contributed by atoms with Crippen LogP contribution < -0.4 is 0 Å². The molecule has 1 nitrogen and oxygen atoms in total. The Balaban J connectivity index is 4.11. The minimum absolute atomic E-state index is 0.519. The molecular formula is C21H38O. The fourth-order valence-corrected chi connectivity index (χ4v) is 2.45. The van der Waals surface area contributed by atoms with E-state index in [4.69, 9.17) is 4.74 Å². The number of allylic oxidation sites excluding steroid dienone is 3. The molecule has 0 heterocycles. The van der Waals surface area contributed by atoms with E-state index in [2.05, 4.69) is 47.8 Å². The maximum absolute atomic E-state index is 5.04. The molecule has 4 atom stereocenters. The third-order valence-corrected chi connectivity index (χ3v) is 5.22. The highest BCUT2D eigenvalue weighted by Gasteiger charge is 2.15. The van der Waals surface area contributed by atoms with Crippen molar-refractivity contribution in [3.05, 3.63) is 36.6 Å². The highest BCUT2D eigenvalue weighted by molar-refractivity contribution is 5.22. The van der Waals surface area contributed by atoms with Gasteiger partial charge >= 0.3 is 0 Å². The van der Waals surface area contributed by atoms with Crippen molar-refractivity contribution in [3.8, 4) is 0 Å². The molecule has 0 bridgehead atoms. The number of hydrogen-bond acceptors (Lipinski definition) is 1. The van der Waals surface area contributed by atoms with Gasteiger partial charge in [-0.25, -0.2) is 0 Å². The molecule has 0 aliphatic carbocycles. The Morgan fingerprint density at radius 2 is 1.45 bits per heavy atom. The lowest BCUT2D eigenvalue weighted by Crippen LogP contribution is -2.11. The molecular weight excluding hydrogens is 268 g/mol. The van der Waals surface area contributed by atoms with E-state index in [1.807, 2.05) is 12.2 Å². The first kappa shape index (κ1) is 21.0. The maximum Gasteiger partial charge on any atom is 0.111 e. The summed E-state index contributed by atoms with van der Waals surface area (Å²) in [5.41, 5.74) is 1.16. The predicted molar refractivity (Wildman–Crippen MR) is 99.8 cm³/mol. The van der Waals surface area contributed by atoms with Crippen molar-refractivity contribution >= 4 is 0 Å². The van der Waals surface area contributed by atoms with Crippen LogP contribution in [-0.4, -0.2) is 7.11 Å². The first-order valence-electron chi connectivity index (χ1n) is 8.91. The van der Waals surface area contributed by atoms with Gasteiger partial charge in [0.2, 0.25) is 0 Å². The van der Waals surface area contributed by atoms with Crippen molar-refractivity contribution in [3.63, 3.8) is 0 Å². The van der Waals surface area contributed by atoms with E-state index in [-0.39, 0.29) is 0 Å². The fraction of sp³-hybridized carbons (Fsp3) is 0.714. The molecule has 0 aromatic rings. The summed E-state index contributed by atoms with van der Waals surface area (Å²) in [6.07, 6.45) is 10.4. The topological polar surface area (TPSA) is 9.23 Å². The molecule has 0 rings (SSSR count). The zero-order valence-corrected chi connectivity index (χ0v) is 15.8. The summed E-state index contributed by atoms with van der Waals surface area (Å²) >= 11 is 0.